The zero-order valence-electron chi connectivity index (χ0n) is 30.5. The van der Waals surface area contributed by atoms with E-state index in [2.05, 4.69) is 164 Å². The molecule has 3 heteroatoms. The average Bonchev–Trinajstić information content (AvgIpc) is 3.95. The lowest BCUT2D eigenvalue weighted by atomic mass is 9.85. The summed E-state index contributed by atoms with van der Waals surface area (Å²) in [6, 6.07) is 66.0. The number of thiophene rings is 1. The van der Waals surface area contributed by atoms with Crippen molar-refractivity contribution in [2.45, 2.75) is 0 Å². The van der Waals surface area contributed by atoms with Crippen molar-refractivity contribution in [3.8, 4) is 33.4 Å². The number of fused-ring (bicyclic) bond motifs is 13. The molecule has 0 spiro atoms. The Kier molecular flexibility index (Phi) is 6.35. The highest BCUT2D eigenvalue weighted by atomic mass is 32.1. The van der Waals surface area contributed by atoms with Gasteiger partial charge in [0.15, 0.2) is 0 Å². The summed E-state index contributed by atoms with van der Waals surface area (Å²) < 4.78 is 15.3. The Bertz CT molecular complexity index is 3750. The van der Waals surface area contributed by atoms with E-state index in [0.717, 1.165) is 44.1 Å². The number of rotatable bonds is 3. The Labute approximate surface area is 330 Å². The fourth-order valence-corrected chi connectivity index (χ4v) is 10.9. The summed E-state index contributed by atoms with van der Waals surface area (Å²) in [6.45, 7) is 0. The molecule has 0 saturated heterocycles. The van der Waals surface area contributed by atoms with Gasteiger partial charge >= 0.3 is 0 Å². The first-order valence-electron chi connectivity index (χ1n) is 19.4. The monoisotopic (exact) mass is 742 g/mol. The molecule has 264 valence electrons. The zero-order valence-corrected chi connectivity index (χ0v) is 31.4. The molecule has 13 aromatic rings. The highest BCUT2D eigenvalue weighted by Crippen LogP contribution is 2.49. The van der Waals surface area contributed by atoms with Gasteiger partial charge in [-0.3, -0.25) is 0 Å². The molecule has 0 fully saturated rings. The summed E-state index contributed by atoms with van der Waals surface area (Å²) in [7, 11) is 0. The first-order chi connectivity index (χ1) is 28.3. The fourth-order valence-electron chi connectivity index (χ4n) is 9.60. The van der Waals surface area contributed by atoms with E-state index >= 15 is 0 Å². The molecule has 0 aliphatic carbocycles. The molecule has 0 N–H and O–H groups in total. The molecule has 0 unspecified atom stereocenters. The second-order valence-corrected chi connectivity index (χ2v) is 16.1. The van der Waals surface area contributed by atoms with Gasteiger partial charge in [-0.1, -0.05) is 140 Å². The second kappa shape index (κ2) is 11.7. The summed E-state index contributed by atoms with van der Waals surface area (Å²) in [5.41, 5.74) is 11.0. The van der Waals surface area contributed by atoms with Gasteiger partial charge < -0.3 is 8.83 Å². The van der Waals surface area contributed by atoms with Crippen molar-refractivity contribution in [1.29, 1.82) is 0 Å². The van der Waals surface area contributed by atoms with Crippen molar-refractivity contribution in [2.24, 2.45) is 0 Å². The van der Waals surface area contributed by atoms with Crippen molar-refractivity contribution in [1.82, 2.24) is 0 Å². The highest BCUT2D eigenvalue weighted by Gasteiger charge is 2.21. The topological polar surface area (TPSA) is 26.3 Å². The summed E-state index contributed by atoms with van der Waals surface area (Å²) in [5, 5.41) is 14.6. The van der Waals surface area contributed by atoms with Gasteiger partial charge in [-0.25, -0.2) is 0 Å². The van der Waals surface area contributed by atoms with Crippen LogP contribution in [-0.2, 0) is 0 Å². The van der Waals surface area contributed by atoms with Crippen LogP contribution in [0.15, 0.2) is 191 Å². The Morgan fingerprint density at radius 1 is 0.298 bits per heavy atom. The van der Waals surface area contributed by atoms with Crippen LogP contribution in [0.5, 0.6) is 0 Å². The predicted octanol–water partition coefficient (Wildman–Crippen LogP) is 16.3. The Morgan fingerprint density at radius 3 is 1.51 bits per heavy atom. The average molecular weight is 743 g/mol. The molecule has 13 rings (SSSR count). The lowest BCUT2D eigenvalue weighted by Gasteiger charge is -2.18. The van der Waals surface area contributed by atoms with Crippen LogP contribution in [0.4, 0.5) is 0 Å². The molecule has 0 saturated carbocycles. The number of furan rings is 2. The van der Waals surface area contributed by atoms with Crippen LogP contribution in [0.25, 0.3) is 130 Å². The first-order valence-corrected chi connectivity index (χ1v) is 20.2. The Morgan fingerprint density at radius 2 is 0.807 bits per heavy atom. The predicted molar refractivity (Wildman–Crippen MR) is 243 cm³/mol. The lowest BCUT2D eigenvalue weighted by molar-refractivity contribution is 0.669. The van der Waals surface area contributed by atoms with E-state index < -0.39 is 0 Å². The highest BCUT2D eigenvalue weighted by molar-refractivity contribution is 7.26. The van der Waals surface area contributed by atoms with Crippen LogP contribution < -0.4 is 0 Å². The van der Waals surface area contributed by atoms with Gasteiger partial charge in [0.25, 0.3) is 0 Å². The van der Waals surface area contributed by atoms with Crippen LogP contribution >= 0.6 is 11.3 Å². The van der Waals surface area contributed by atoms with Gasteiger partial charge in [0, 0.05) is 47.3 Å². The van der Waals surface area contributed by atoms with Crippen molar-refractivity contribution in [3.05, 3.63) is 182 Å². The smallest absolute Gasteiger partial charge is 0.136 e. The fraction of sp³-hybridized carbons (Fsp3) is 0. The Balaban J connectivity index is 1.02. The summed E-state index contributed by atoms with van der Waals surface area (Å²) in [5.74, 6) is 0. The minimum atomic E-state index is 0.908. The van der Waals surface area contributed by atoms with Gasteiger partial charge in [0.05, 0.1) is 0 Å². The Hall–Kier alpha value is -7.20. The maximum atomic E-state index is 6.38. The van der Waals surface area contributed by atoms with E-state index in [1.54, 1.807) is 0 Å². The number of para-hydroxylation sites is 2. The maximum absolute atomic E-state index is 6.38. The molecule has 2 nitrogen and oxygen atoms in total. The molecule has 0 atom stereocenters. The van der Waals surface area contributed by atoms with Crippen LogP contribution in [0, 0.1) is 0 Å². The normalized spacial score (nSPS) is 12.2. The maximum Gasteiger partial charge on any atom is 0.136 e. The van der Waals surface area contributed by atoms with E-state index in [9.17, 15) is 0 Å². The van der Waals surface area contributed by atoms with Crippen LogP contribution in [0.2, 0.25) is 0 Å². The molecule has 10 aromatic carbocycles. The van der Waals surface area contributed by atoms with Crippen molar-refractivity contribution in [2.75, 3.05) is 0 Å². The molecule has 0 aliphatic heterocycles. The van der Waals surface area contributed by atoms with Gasteiger partial charge in [-0.15, -0.1) is 11.3 Å². The van der Waals surface area contributed by atoms with E-state index in [1.165, 1.54) is 85.7 Å². The minimum Gasteiger partial charge on any atom is -0.456 e. The third kappa shape index (κ3) is 4.40. The van der Waals surface area contributed by atoms with Crippen LogP contribution in [0.1, 0.15) is 0 Å². The van der Waals surface area contributed by atoms with Crippen molar-refractivity contribution >= 4 is 108 Å². The molecule has 57 heavy (non-hydrogen) atoms. The van der Waals surface area contributed by atoms with Crippen LogP contribution in [0.3, 0.4) is 0 Å². The summed E-state index contributed by atoms with van der Waals surface area (Å²) >= 11 is 1.88. The third-order valence-electron chi connectivity index (χ3n) is 12.0. The second-order valence-electron chi connectivity index (χ2n) is 15.1. The van der Waals surface area contributed by atoms with Gasteiger partial charge in [-0.2, -0.15) is 0 Å². The SMILES string of the molecule is c1ccc2c(-c3ccc(-c4c5ccccc5c(-c5ccc6c(c5)oc5ccccc56)c5ccccc45)cc3)c3sc4ccc5oc6ccccc6c5c4c3cc2c1. The molecule has 3 aromatic heterocycles. The van der Waals surface area contributed by atoms with E-state index in [4.69, 9.17) is 8.83 Å². The number of hydrogen-bond donors (Lipinski definition) is 0. The van der Waals surface area contributed by atoms with E-state index in [1.807, 2.05) is 29.5 Å². The zero-order chi connectivity index (χ0) is 37.2. The van der Waals surface area contributed by atoms with Gasteiger partial charge in [0.1, 0.15) is 22.3 Å². The molecule has 0 aliphatic rings. The summed E-state index contributed by atoms with van der Waals surface area (Å²) in [4.78, 5) is 0. The van der Waals surface area contributed by atoms with Crippen molar-refractivity contribution < 1.29 is 8.83 Å². The van der Waals surface area contributed by atoms with Gasteiger partial charge in [-0.05, 0) is 103 Å². The molecule has 3 heterocycles. The van der Waals surface area contributed by atoms with E-state index in [0.29, 0.717) is 0 Å². The largest absolute Gasteiger partial charge is 0.456 e. The van der Waals surface area contributed by atoms with Crippen LogP contribution in [-0.4, -0.2) is 0 Å². The standard InChI is InChI=1S/C54H30O2S/c1-2-12-35-33(11-1)29-43-53-48(28-27-46-52(53)42-18-8-10-20-45(42)55-46)57-54(43)51(35)32-23-21-31(22-24-32)49-38-14-3-5-16-40(38)50(41-17-6-4-15-39(41)49)34-25-26-37-36-13-7-9-19-44(36)56-47(37)30-34/h1-30H. The lowest BCUT2D eigenvalue weighted by Crippen LogP contribution is -1.91. The van der Waals surface area contributed by atoms with E-state index in [-0.39, 0.29) is 0 Å². The van der Waals surface area contributed by atoms with Crippen molar-refractivity contribution in [3.63, 3.8) is 0 Å². The quantitative estimate of drug-likeness (QED) is 0.169. The third-order valence-corrected chi connectivity index (χ3v) is 13.2. The molecule has 0 bridgehead atoms. The molecule has 0 radical (unpaired) electrons. The minimum absolute atomic E-state index is 0.908. The van der Waals surface area contributed by atoms with Gasteiger partial charge in [0.2, 0.25) is 0 Å². The summed E-state index contributed by atoms with van der Waals surface area (Å²) in [6.07, 6.45) is 0. The molecular weight excluding hydrogens is 713 g/mol. The molecule has 0 amide bonds. The number of benzene rings is 10. The number of hydrogen-bond acceptors (Lipinski definition) is 3. The first kappa shape index (κ1) is 31.1. The molecular formula is C54H30O2S.